The minimum atomic E-state index is 1.04. The lowest BCUT2D eigenvalue weighted by Gasteiger charge is -2.20. The summed E-state index contributed by atoms with van der Waals surface area (Å²) in [7, 11) is 0. The van der Waals surface area contributed by atoms with Crippen LogP contribution < -0.4 is 0 Å². The van der Waals surface area contributed by atoms with E-state index in [1.54, 1.807) is 0 Å². The van der Waals surface area contributed by atoms with Crippen LogP contribution in [0.2, 0.25) is 0 Å². The molecule has 0 spiro atoms. The Labute approximate surface area is 280 Å². The summed E-state index contributed by atoms with van der Waals surface area (Å²) in [5.41, 5.74) is 11.0. The van der Waals surface area contributed by atoms with Crippen LogP contribution in [0.25, 0.3) is 87.6 Å². The van der Waals surface area contributed by atoms with Gasteiger partial charge in [0, 0.05) is 23.5 Å². The van der Waals surface area contributed by atoms with Crippen molar-refractivity contribution in [3.05, 3.63) is 176 Å². The molecule has 0 fully saturated rings. The standard InChI is InChI=1S/C47H33N/c1-2-31-20-21-34-27-35(23-22-33(34)26-31)46-41-16-8-10-18-43(41)47(44-19-11-9-17-42(44)46)45-25-24-38(39-14-6-7-15-40(39)45)37-28-36(29-48-30-37)32-12-4-3-5-13-32/h3-30H,2H2,1H3. The van der Waals surface area contributed by atoms with Gasteiger partial charge in [0.25, 0.3) is 0 Å². The van der Waals surface area contributed by atoms with Gasteiger partial charge in [-0.3, -0.25) is 4.98 Å². The molecular formula is C47H33N. The van der Waals surface area contributed by atoms with Crippen LogP contribution >= 0.6 is 0 Å². The number of rotatable bonds is 5. The lowest BCUT2D eigenvalue weighted by molar-refractivity contribution is 1.15. The number of fused-ring (bicyclic) bond motifs is 4. The molecule has 0 aliphatic carbocycles. The first-order valence-corrected chi connectivity index (χ1v) is 16.8. The topological polar surface area (TPSA) is 12.9 Å². The molecule has 1 aromatic heterocycles. The van der Waals surface area contributed by atoms with Crippen LogP contribution in [0.5, 0.6) is 0 Å². The summed E-state index contributed by atoms with van der Waals surface area (Å²) < 4.78 is 0. The third-order valence-corrected chi connectivity index (χ3v) is 9.88. The minimum Gasteiger partial charge on any atom is -0.263 e. The maximum atomic E-state index is 4.67. The number of hydrogen-bond donors (Lipinski definition) is 0. The first kappa shape index (κ1) is 28.2. The fourth-order valence-corrected chi connectivity index (χ4v) is 7.54. The van der Waals surface area contributed by atoms with Gasteiger partial charge in [0.15, 0.2) is 0 Å². The first-order valence-electron chi connectivity index (χ1n) is 16.8. The van der Waals surface area contributed by atoms with Crippen molar-refractivity contribution < 1.29 is 0 Å². The third kappa shape index (κ3) is 4.67. The van der Waals surface area contributed by atoms with E-state index in [0.717, 1.165) is 17.5 Å². The van der Waals surface area contributed by atoms with Crippen LogP contribution in [0.15, 0.2) is 170 Å². The highest BCUT2D eigenvalue weighted by Crippen LogP contribution is 2.46. The molecule has 226 valence electrons. The predicted octanol–water partition coefficient (Wildman–Crippen LogP) is 12.9. The van der Waals surface area contributed by atoms with E-state index in [1.165, 1.54) is 82.0 Å². The molecule has 0 radical (unpaired) electrons. The Morgan fingerprint density at radius 2 is 0.917 bits per heavy atom. The van der Waals surface area contributed by atoms with Gasteiger partial charge in [0.2, 0.25) is 0 Å². The van der Waals surface area contributed by atoms with Crippen LogP contribution in [0, 0.1) is 0 Å². The van der Waals surface area contributed by atoms with E-state index in [4.69, 9.17) is 0 Å². The number of aryl methyl sites for hydroxylation is 1. The fraction of sp³-hybridized carbons (Fsp3) is 0.0426. The lowest BCUT2D eigenvalue weighted by Crippen LogP contribution is -1.93. The van der Waals surface area contributed by atoms with Crippen molar-refractivity contribution in [2.24, 2.45) is 0 Å². The van der Waals surface area contributed by atoms with Crippen molar-refractivity contribution in [3.63, 3.8) is 0 Å². The zero-order valence-corrected chi connectivity index (χ0v) is 26.8. The van der Waals surface area contributed by atoms with Crippen LogP contribution in [-0.2, 0) is 6.42 Å². The molecule has 0 bridgehead atoms. The number of hydrogen-bond acceptors (Lipinski definition) is 1. The highest BCUT2D eigenvalue weighted by atomic mass is 14.6. The smallest absolute Gasteiger partial charge is 0.0347 e. The van der Waals surface area contributed by atoms with Gasteiger partial charge in [-0.2, -0.15) is 0 Å². The van der Waals surface area contributed by atoms with Gasteiger partial charge in [-0.25, -0.2) is 0 Å². The summed E-state index contributed by atoms with van der Waals surface area (Å²) in [4.78, 5) is 4.67. The van der Waals surface area contributed by atoms with Gasteiger partial charge in [-0.15, -0.1) is 0 Å². The average molecular weight is 612 g/mol. The van der Waals surface area contributed by atoms with Crippen LogP contribution in [-0.4, -0.2) is 4.98 Å². The molecule has 0 N–H and O–H groups in total. The molecule has 0 saturated carbocycles. The average Bonchev–Trinajstić information content (AvgIpc) is 3.16. The first-order chi connectivity index (χ1) is 23.8. The monoisotopic (exact) mass is 611 g/mol. The summed E-state index contributed by atoms with van der Waals surface area (Å²) in [6.07, 6.45) is 4.98. The van der Waals surface area contributed by atoms with Gasteiger partial charge in [0.05, 0.1) is 0 Å². The molecule has 0 saturated heterocycles. The zero-order chi connectivity index (χ0) is 32.0. The highest BCUT2D eigenvalue weighted by Gasteiger charge is 2.19. The van der Waals surface area contributed by atoms with Gasteiger partial charge >= 0.3 is 0 Å². The van der Waals surface area contributed by atoms with E-state index < -0.39 is 0 Å². The Morgan fingerprint density at radius 1 is 0.375 bits per heavy atom. The fourth-order valence-electron chi connectivity index (χ4n) is 7.54. The lowest BCUT2D eigenvalue weighted by atomic mass is 9.83. The largest absolute Gasteiger partial charge is 0.263 e. The highest BCUT2D eigenvalue weighted by molar-refractivity contribution is 6.24. The summed E-state index contributed by atoms with van der Waals surface area (Å²) in [6.45, 7) is 2.22. The van der Waals surface area contributed by atoms with Gasteiger partial charge < -0.3 is 0 Å². The van der Waals surface area contributed by atoms with Crippen molar-refractivity contribution >= 4 is 43.1 Å². The van der Waals surface area contributed by atoms with Crippen molar-refractivity contribution in [2.75, 3.05) is 0 Å². The molecule has 0 unspecified atom stereocenters. The van der Waals surface area contributed by atoms with Crippen molar-refractivity contribution in [1.82, 2.24) is 4.98 Å². The molecule has 9 aromatic rings. The van der Waals surface area contributed by atoms with Crippen LogP contribution in [0.4, 0.5) is 0 Å². The van der Waals surface area contributed by atoms with Crippen LogP contribution in [0.3, 0.4) is 0 Å². The molecule has 8 aromatic carbocycles. The molecule has 0 atom stereocenters. The number of nitrogens with zero attached hydrogens (tertiary/aromatic N) is 1. The van der Waals surface area contributed by atoms with E-state index >= 15 is 0 Å². The quantitative estimate of drug-likeness (QED) is 0.176. The second-order valence-corrected chi connectivity index (χ2v) is 12.6. The Kier molecular flexibility index (Phi) is 6.83. The number of aromatic nitrogens is 1. The molecule has 48 heavy (non-hydrogen) atoms. The molecule has 0 aliphatic rings. The molecule has 0 amide bonds. The van der Waals surface area contributed by atoms with E-state index in [2.05, 4.69) is 170 Å². The van der Waals surface area contributed by atoms with E-state index in [-0.39, 0.29) is 0 Å². The van der Waals surface area contributed by atoms with Gasteiger partial charge in [-0.05, 0) is 101 Å². The van der Waals surface area contributed by atoms with Gasteiger partial charge in [-0.1, -0.05) is 153 Å². The molecule has 1 heterocycles. The van der Waals surface area contributed by atoms with Crippen LogP contribution in [0.1, 0.15) is 12.5 Å². The Balaban J connectivity index is 1.29. The second kappa shape index (κ2) is 11.6. The second-order valence-electron chi connectivity index (χ2n) is 12.6. The number of pyridine rings is 1. The summed E-state index contributed by atoms with van der Waals surface area (Å²) in [5.74, 6) is 0. The van der Waals surface area contributed by atoms with Gasteiger partial charge in [0.1, 0.15) is 0 Å². The van der Waals surface area contributed by atoms with E-state index in [9.17, 15) is 0 Å². The Morgan fingerprint density at radius 3 is 1.60 bits per heavy atom. The molecule has 1 nitrogen and oxygen atoms in total. The summed E-state index contributed by atoms with van der Waals surface area (Å²) in [6, 6.07) is 57.9. The third-order valence-electron chi connectivity index (χ3n) is 9.88. The molecule has 1 heteroatoms. The number of benzene rings is 8. The molecular weight excluding hydrogens is 579 g/mol. The summed E-state index contributed by atoms with van der Waals surface area (Å²) in [5, 5.41) is 10.1. The minimum absolute atomic E-state index is 1.04. The van der Waals surface area contributed by atoms with Crippen molar-refractivity contribution in [1.29, 1.82) is 0 Å². The predicted molar refractivity (Wildman–Crippen MR) is 205 cm³/mol. The zero-order valence-electron chi connectivity index (χ0n) is 26.8. The van der Waals surface area contributed by atoms with Crippen molar-refractivity contribution in [3.8, 4) is 44.5 Å². The maximum Gasteiger partial charge on any atom is 0.0347 e. The molecule has 0 aliphatic heterocycles. The normalized spacial score (nSPS) is 11.5. The van der Waals surface area contributed by atoms with E-state index in [1.807, 2.05) is 12.4 Å². The Bertz CT molecular complexity index is 2590. The summed E-state index contributed by atoms with van der Waals surface area (Å²) >= 11 is 0. The van der Waals surface area contributed by atoms with Crippen molar-refractivity contribution in [2.45, 2.75) is 13.3 Å². The molecule has 9 rings (SSSR count). The van der Waals surface area contributed by atoms with E-state index in [0.29, 0.717) is 0 Å². The maximum absolute atomic E-state index is 4.67. The Hall–Kier alpha value is -6.05. The SMILES string of the molecule is CCc1ccc2cc(-c3c4ccccc4c(-c4ccc(-c5cncc(-c6ccccc6)c5)c5ccccc45)c4ccccc34)ccc2c1.